The van der Waals surface area contributed by atoms with Gasteiger partial charge in [-0.2, -0.15) is 0 Å². The number of nitrogens with zero attached hydrogens (tertiary/aromatic N) is 2. The molecule has 0 radical (unpaired) electrons. The summed E-state index contributed by atoms with van der Waals surface area (Å²) in [5.41, 5.74) is 1.75. The molecule has 2 aromatic rings. The van der Waals surface area contributed by atoms with Crippen LogP contribution < -0.4 is 5.32 Å². The van der Waals surface area contributed by atoms with Gasteiger partial charge in [0.05, 0.1) is 0 Å². The van der Waals surface area contributed by atoms with Gasteiger partial charge in [0.1, 0.15) is 0 Å². The SMILES string of the molecule is CCN(CC)CCNC(=O)c1ccc(-n2cccc2)cc1. The second-order valence-electron chi connectivity index (χ2n) is 4.92. The van der Waals surface area contributed by atoms with Crippen LogP contribution in [0.4, 0.5) is 0 Å². The number of carbonyl (C=O) groups is 1. The maximum Gasteiger partial charge on any atom is 0.251 e. The summed E-state index contributed by atoms with van der Waals surface area (Å²) in [6.45, 7) is 7.85. The van der Waals surface area contributed by atoms with E-state index in [0.29, 0.717) is 12.1 Å². The summed E-state index contributed by atoms with van der Waals surface area (Å²) >= 11 is 0. The van der Waals surface area contributed by atoms with Crippen LogP contribution >= 0.6 is 0 Å². The quantitative estimate of drug-likeness (QED) is 0.849. The van der Waals surface area contributed by atoms with Gasteiger partial charge in [-0.05, 0) is 49.5 Å². The van der Waals surface area contributed by atoms with E-state index in [1.54, 1.807) is 0 Å². The highest BCUT2D eigenvalue weighted by atomic mass is 16.1. The molecule has 0 atom stereocenters. The van der Waals surface area contributed by atoms with Gasteiger partial charge in [-0.25, -0.2) is 0 Å². The van der Waals surface area contributed by atoms with E-state index in [0.717, 1.165) is 25.3 Å². The number of aromatic nitrogens is 1. The van der Waals surface area contributed by atoms with E-state index in [9.17, 15) is 4.79 Å². The second-order valence-corrected chi connectivity index (χ2v) is 4.92. The first-order valence-electron chi connectivity index (χ1n) is 7.48. The average molecular weight is 285 g/mol. The summed E-state index contributed by atoms with van der Waals surface area (Å²) in [7, 11) is 0. The molecule has 0 aliphatic rings. The van der Waals surface area contributed by atoms with Crippen LogP contribution in [-0.2, 0) is 0 Å². The minimum Gasteiger partial charge on any atom is -0.351 e. The lowest BCUT2D eigenvalue weighted by atomic mass is 10.2. The van der Waals surface area contributed by atoms with Gasteiger partial charge in [-0.15, -0.1) is 0 Å². The van der Waals surface area contributed by atoms with Crippen molar-refractivity contribution in [3.8, 4) is 5.69 Å². The normalized spacial score (nSPS) is 10.8. The van der Waals surface area contributed by atoms with Gasteiger partial charge in [0, 0.05) is 36.7 Å². The molecule has 1 amide bonds. The van der Waals surface area contributed by atoms with Crippen LogP contribution in [0.3, 0.4) is 0 Å². The Kier molecular flexibility index (Phi) is 5.58. The summed E-state index contributed by atoms with van der Waals surface area (Å²) in [5, 5.41) is 2.96. The Labute approximate surface area is 126 Å². The highest BCUT2D eigenvalue weighted by Gasteiger charge is 2.06. The van der Waals surface area contributed by atoms with Gasteiger partial charge in [0.2, 0.25) is 0 Å². The van der Waals surface area contributed by atoms with Gasteiger partial charge in [0.25, 0.3) is 5.91 Å². The lowest BCUT2D eigenvalue weighted by molar-refractivity contribution is 0.0949. The summed E-state index contributed by atoms with van der Waals surface area (Å²) in [6.07, 6.45) is 3.97. The molecule has 0 spiro atoms. The third-order valence-electron chi connectivity index (χ3n) is 3.64. The lowest BCUT2D eigenvalue weighted by Crippen LogP contribution is -2.34. The molecule has 0 unspecified atom stereocenters. The van der Waals surface area contributed by atoms with Crippen LogP contribution in [0.25, 0.3) is 5.69 Å². The molecule has 4 nitrogen and oxygen atoms in total. The van der Waals surface area contributed by atoms with Gasteiger partial charge in [-0.1, -0.05) is 13.8 Å². The number of rotatable bonds is 7. The van der Waals surface area contributed by atoms with Crippen molar-refractivity contribution in [2.45, 2.75) is 13.8 Å². The fourth-order valence-electron chi connectivity index (χ4n) is 2.26. The molecule has 0 bridgehead atoms. The first-order valence-corrected chi connectivity index (χ1v) is 7.48. The van der Waals surface area contributed by atoms with Crippen molar-refractivity contribution in [3.05, 3.63) is 54.4 Å². The zero-order valence-corrected chi connectivity index (χ0v) is 12.7. The second kappa shape index (κ2) is 7.64. The fraction of sp³-hybridized carbons (Fsp3) is 0.353. The molecule has 1 heterocycles. The van der Waals surface area contributed by atoms with Gasteiger partial charge < -0.3 is 14.8 Å². The number of amides is 1. The molecule has 0 aliphatic carbocycles. The van der Waals surface area contributed by atoms with Crippen molar-refractivity contribution in [1.29, 1.82) is 0 Å². The number of carbonyl (C=O) groups excluding carboxylic acids is 1. The minimum atomic E-state index is -0.0128. The smallest absolute Gasteiger partial charge is 0.251 e. The molecule has 4 heteroatoms. The van der Waals surface area contributed by atoms with Crippen molar-refractivity contribution in [2.75, 3.05) is 26.2 Å². The van der Waals surface area contributed by atoms with Crippen LogP contribution in [-0.4, -0.2) is 41.6 Å². The van der Waals surface area contributed by atoms with E-state index in [-0.39, 0.29) is 5.91 Å². The molecular weight excluding hydrogens is 262 g/mol. The van der Waals surface area contributed by atoms with Crippen LogP contribution in [0.5, 0.6) is 0 Å². The number of hydrogen-bond acceptors (Lipinski definition) is 2. The molecule has 21 heavy (non-hydrogen) atoms. The third-order valence-corrected chi connectivity index (χ3v) is 3.64. The molecule has 0 fully saturated rings. The molecule has 0 saturated heterocycles. The number of nitrogens with one attached hydrogen (secondary N) is 1. The van der Waals surface area contributed by atoms with Crippen LogP contribution in [0.1, 0.15) is 24.2 Å². The van der Waals surface area contributed by atoms with E-state index < -0.39 is 0 Å². The number of likely N-dealkylation sites (N-methyl/N-ethyl adjacent to an activating group) is 1. The predicted octanol–water partition coefficient (Wildman–Crippen LogP) is 2.55. The minimum absolute atomic E-state index is 0.0128. The Morgan fingerprint density at radius 2 is 1.71 bits per heavy atom. The Morgan fingerprint density at radius 3 is 2.29 bits per heavy atom. The average Bonchev–Trinajstić information content (AvgIpc) is 3.06. The molecule has 112 valence electrons. The largest absolute Gasteiger partial charge is 0.351 e. The van der Waals surface area contributed by atoms with E-state index in [2.05, 4.69) is 24.1 Å². The maximum absolute atomic E-state index is 12.1. The maximum atomic E-state index is 12.1. The van der Waals surface area contributed by atoms with E-state index in [4.69, 9.17) is 0 Å². The zero-order valence-electron chi connectivity index (χ0n) is 12.7. The summed E-state index contributed by atoms with van der Waals surface area (Å²) < 4.78 is 2.02. The molecule has 0 saturated carbocycles. The highest BCUT2D eigenvalue weighted by Crippen LogP contribution is 2.09. The predicted molar refractivity (Wildman–Crippen MR) is 85.9 cm³/mol. The standard InChI is InChI=1S/C17H23N3O/c1-3-19(4-2)14-11-18-17(21)15-7-9-16(10-8-15)20-12-5-6-13-20/h5-10,12-13H,3-4,11,14H2,1-2H3,(H,18,21). The monoisotopic (exact) mass is 285 g/mol. The van der Waals surface area contributed by atoms with Crippen molar-refractivity contribution >= 4 is 5.91 Å². The summed E-state index contributed by atoms with van der Waals surface area (Å²) in [6, 6.07) is 11.6. The van der Waals surface area contributed by atoms with Crippen molar-refractivity contribution < 1.29 is 4.79 Å². The summed E-state index contributed by atoms with van der Waals surface area (Å²) in [4.78, 5) is 14.4. The Hall–Kier alpha value is -2.07. The van der Waals surface area contributed by atoms with Crippen LogP contribution in [0.2, 0.25) is 0 Å². The topological polar surface area (TPSA) is 37.3 Å². The first kappa shape index (κ1) is 15.3. The van der Waals surface area contributed by atoms with Crippen LogP contribution in [0.15, 0.2) is 48.8 Å². The van der Waals surface area contributed by atoms with E-state index in [1.165, 1.54) is 0 Å². The van der Waals surface area contributed by atoms with E-state index in [1.807, 2.05) is 53.4 Å². The van der Waals surface area contributed by atoms with Crippen molar-refractivity contribution in [3.63, 3.8) is 0 Å². The first-order chi connectivity index (χ1) is 10.2. The molecule has 1 aromatic heterocycles. The Bertz CT molecular complexity index is 542. The zero-order chi connectivity index (χ0) is 15.1. The van der Waals surface area contributed by atoms with Gasteiger partial charge in [-0.3, -0.25) is 4.79 Å². The molecule has 1 aromatic carbocycles. The number of hydrogen-bond donors (Lipinski definition) is 1. The Balaban J connectivity index is 1.88. The van der Waals surface area contributed by atoms with E-state index >= 15 is 0 Å². The van der Waals surface area contributed by atoms with Crippen molar-refractivity contribution in [1.82, 2.24) is 14.8 Å². The lowest BCUT2D eigenvalue weighted by Gasteiger charge is -2.18. The highest BCUT2D eigenvalue weighted by molar-refractivity contribution is 5.94. The van der Waals surface area contributed by atoms with Crippen LogP contribution in [0, 0.1) is 0 Å². The molecule has 2 rings (SSSR count). The van der Waals surface area contributed by atoms with Gasteiger partial charge >= 0.3 is 0 Å². The van der Waals surface area contributed by atoms with Crippen molar-refractivity contribution in [2.24, 2.45) is 0 Å². The Morgan fingerprint density at radius 1 is 1.10 bits per heavy atom. The molecular formula is C17H23N3O. The fourth-order valence-corrected chi connectivity index (χ4v) is 2.26. The number of benzene rings is 1. The molecule has 0 aliphatic heterocycles. The van der Waals surface area contributed by atoms with Gasteiger partial charge in [0.15, 0.2) is 0 Å². The molecule has 1 N–H and O–H groups in total. The summed E-state index contributed by atoms with van der Waals surface area (Å²) in [5.74, 6) is -0.0128. The third kappa shape index (κ3) is 4.20.